The number of benzene rings is 1. The topological polar surface area (TPSA) is 165 Å². The third-order valence-electron chi connectivity index (χ3n) is 3.78. The van der Waals surface area contributed by atoms with Crippen molar-refractivity contribution in [3.63, 3.8) is 0 Å². The lowest BCUT2D eigenvalue weighted by Gasteiger charge is -2.09. The lowest BCUT2D eigenvalue weighted by Crippen LogP contribution is -2.30. The van der Waals surface area contributed by atoms with Crippen LogP contribution in [0.2, 0.25) is 0 Å². The Morgan fingerprint density at radius 3 is 2.00 bits per heavy atom. The van der Waals surface area contributed by atoms with Crippen LogP contribution in [0, 0.1) is 5.92 Å². The van der Waals surface area contributed by atoms with Gasteiger partial charge in [0.15, 0.2) is 5.96 Å². The monoisotopic (exact) mass is 380 g/mol. The van der Waals surface area contributed by atoms with Gasteiger partial charge in [0.05, 0.1) is 5.92 Å². The van der Waals surface area contributed by atoms with E-state index in [1.807, 2.05) is 24.3 Å². The van der Waals surface area contributed by atoms with Gasteiger partial charge in [-0.1, -0.05) is 38.1 Å². The molecule has 8 nitrogen and oxygen atoms in total. The first-order valence-corrected chi connectivity index (χ1v) is 8.90. The minimum atomic E-state index is -1.00. The molecule has 152 valence electrons. The molecule has 0 spiro atoms. The number of aliphatic imine (C=N–C) groups is 1. The molecule has 0 fully saturated rings. The van der Waals surface area contributed by atoms with E-state index >= 15 is 0 Å². The summed E-state index contributed by atoms with van der Waals surface area (Å²) in [6.07, 6.45) is 2.00. The Hall–Kier alpha value is -2.61. The van der Waals surface area contributed by atoms with Gasteiger partial charge in [-0.05, 0) is 43.2 Å². The highest BCUT2D eigenvalue weighted by molar-refractivity contribution is 5.76. The van der Waals surface area contributed by atoms with E-state index in [1.54, 1.807) is 6.92 Å². The molecule has 0 aliphatic rings. The third-order valence-corrected chi connectivity index (χ3v) is 3.78. The molecule has 8 heteroatoms. The van der Waals surface area contributed by atoms with Crippen LogP contribution in [0.3, 0.4) is 0 Å². The van der Waals surface area contributed by atoms with E-state index in [0.29, 0.717) is 25.3 Å². The second-order valence-electron chi connectivity index (χ2n) is 6.79. The van der Waals surface area contributed by atoms with Crippen molar-refractivity contribution >= 4 is 17.9 Å². The summed E-state index contributed by atoms with van der Waals surface area (Å²) in [5.41, 5.74) is 17.5. The summed E-state index contributed by atoms with van der Waals surface area (Å²) in [5, 5.41) is 17.2. The van der Waals surface area contributed by atoms with Gasteiger partial charge in [0.25, 0.3) is 0 Å². The molecule has 1 aromatic rings. The van der Waals surface area contributed by atoms with Crippen molar-refractivity contribution in [2.24, 2.45) is 28.1 Å². The molecule has 8 N–H and O–H groups in total. The molecule has 0 heterocycles. The highest BCUT2D eigenvalue weighted by Gasteiger charge is 2.13. The van der Waals surface area contributed by atoms with Crippen molar-refractivity contribution in [1.82, 2.24) is 0 Å². The minimum absolute atomic E-state index is 0.0129. The second-order valence-corrected chi connectivity index (χ2v) is 6.79. The molecule has 0 saturated heterocycles. The summed E-state index contributed by atoms with van der Waals surface area (Å²) in [7, 11) is 0. The Balaban J connectivity index is 0.000000516. The normalized spacial score (nSPS) is 12.5. The number of rotatable bonds is 9. The first kappa shape index (κ1) is 24.4. The van der Waals surface area contributed by atoms with Crippen LogP contribution in [0.1, 0.15) is 50.7 Å². The van der Waals surface area contributed by atoms with Gasteiger partial charge in [0.2, 0.25) is 0 Å². The molecular formula is C19H32N4O4. The van der Waals surface area contributed by atoms with Gasteiger partial charge in [-0.25, -0.2) is 0 Å². The number of carboxylic acids is 2. The maximum absolute atomic E-state index is 10.8. The maximum atomic E-state index is 10.8. The van der Waals surface area contributed by atoms with Crippen LogP contribution in [0.15, 0.2) is 29.3 Å². The number of carboxylic acid groups (broad SMARTS) is 2. The quantitative estimate of drug-likeness (QED) is 0.246. The molecule has 27 heavy (non-hydrogen) atoms. The smallest absolute Gasteiger partial charge is 0.320 e. The SMILES string of the molecule is CC(C)Cc1ccc([C@H](C)C(=O)O)cc1.NC(N)=NCCC[C@@H](N)C(=O)O. The van der Waals surface area contributed by atoms with Crippen molar-refractivity contribution < 1.29 is 19.8 Å². The zero-order chi connectivity index (χ0) is 21.0. The van der Waals surface area contributed by atoms with E-state index in [0.717, 1.165) is 12.0 Å². The first-order chi connectivity index (χ1) is 12.5. The zero-order valence-corrected chi connectivity index (χ0v) is 16.3. The largest absolute Gasteiger partial charge is 0.481 e. The number of aliphatic carboxylic acids is 2. The summed E-state index contributed by atoms with van der Waals surface area (Å²) < 4.78 is 0. The number of hydrogen-bond donors (Lipinski definition) is 5. The van der Waals surface area contributed by atoms with E-state index < -0.39 is 23.9 Å². The van der Waals surface area contributed by atoms with Gasteiger partial charge < -0.3 is 27.4 Å². The zero-order valence-electron chi connectivity index (χ0n) is 16.3. The number of nitrogens with zero attached hydrogens (tertiary/aromatic N) is 1. The van der Waals surface area contributed by atoms with Crippen LogP contribution in [-0.4, -0.2) is 40.7 Å². The Labute approximate surface area is 160 Å². The first-order valence-electron chi connectivity index (χ1n) is 8.90. The van der Waals surface area contributed by atoms with E-state index in [1.165, 1.54) is 5.56 Å². The maximum Gasteiger partial charge on any atom is 0.320 e. The lowest BCUT2D eigenvalue weighted by molar-refractivity contribution is -0.139. The van der Waals surface area contributed by atoms with Crippen molar-refractivity contribution in [1.29, 1.82) is 0 Å². The van der Waals surface area contributed by atoms with Crippen molar-refractivity contribution in [3.8, 4) is 0 Å². The summed E-state index contributed by atoms with van der Waals surface area (Å²) in [4.78, 5) is 24.7. The highest BCUT2D eigenvalue weighted by atomic mass is 16.4. The molecule has 0 unspecified atom stereocenters. The molecule has 0 radical (unpaired) electrons. The van der Waals surface area contributed by atoms with Gasteiger partial charge in [-0.3, -0.25) is 14.6 Å². The van der Waals surface area contributed by atoms with Crippen LogP contribution in [0.4, 0.5) is 0 Å². The molecule has 0 bridgehead atoms. The lowest BCUT2D eigenvalue weighted by atomic mass is 9.97. The van der Waals surface area contributed by atoms with E-state index in [2.05, 4.69) is 18.8 Å². The van der Waals surface area contributed by atoms with E-state index in [-0.39, 0.29) is 5.96 Å². The molecule has 2 atom stereocenters. The number of hydrogen-bond acceptors (Lipinski definition) is 4. The van der Waals surface area contributed by atoms with Gasteiger partial charge in [0.1, 0.15) is 6.04 Å². The fourth-order valence-electron chi connectivity index (χ4n) is 2.20. The van der Waals surface area contributed by atoms with Crippen LogP contribution in [-0.2, 0) is 16.0 Å². The molecule has 1 aromatic carbocycles. The van der Waals surface area contributed by atoms with Gasteiger partial charge in [-0.15, -0.1) is 0 Å². The Kier molecular flexibility index (Phi) is 11.5. The second kappa shape index (κ2) is 12.7. The van der Waals surface area contributed by atoms with Crippen molar-refractivity contribution in [2.45, 2.75) is 52.0 Å². The molecule has 0 aliphatic carbocycles. The van der Waals surface area contributed by atoms with Crippen LogP contribution in [0.25, 0.3) is 0 Å². The average Bonchev–Trinajstić information content (AvgIpc) is 2.58. The Morgan fingerprint density at radius 2 is 1.59 bits per heavy atom. The fourth-order valence-corrected chi connectivity index (χ4v) is 2.20. The van der Waals surface area contributed by atoms with Gasteiger partial charge in [-0.2, -0.15) is 0 Å². The molecule has 0 aliphatic heterocycles. The van der Waals surface area contributed by atoms with Crippen LogP contribution in [0.5, 0.6) is 0 Å². The number of nitrogens with two attached hydrogens (primary N) is 3. The van der Waals surface area contributed by atoms with Gasteiger partial charge >= 0.3 is 11.9 Å². The standard InChI is InChI=1S/C13H18O2.C6H14N4O2/c1-9(2)8-11-4-6-12(7-5-11)10(3)13(14)15;7-4(5(11)12)2-1-3-10-6(8)9/h4-7,9-10H,8H2,1-3H3,(H,14,15);4H,1-3,7H2,(H,11,12)(H4,8,9,10)/t10-;4-/m01/s1. The highest BCUT2D eigenvalue weighted by Crippen LogP contribution is 2.17. The summed E-state index contributed by atoms with van der Waals surface area (Å²) >= 11 is 0. The number of guanidine groups is 1. The Bertz CT molecular complexity index is 611. The summed E-state index contributed by atoms with van der Waals surface area (Å²) in [5.74, 6) is -1.55. The van der Waals surface area contributed by atoms with E-state index in [4.69, 9.17) is 27.4 Å². The Morgan fingerprint density at radius 1 is 1.04 bits per heavy atom. The van der Waals surface area contributed by atoms with Gasteiger partial charge in [0, 0.05) is 6.54 Å². The van der Waals surface area contributed by atoms with Crippen molar-refractivity contribution in [3.05, 3.63) is 35.4 Å². The predicted molar refractivity (Wildman–Crippen MR) is 107 cm³/mol. The molecule has 0 saturated carbocycles. The summed E-state index contributed by atoms with van der Waals surface area (Å²) in [6, 6.07) is 7.05. The molecule has 1 rings (SSSR count). The molecule has 0 aromatic heterocycles. The van der Waals surface area contributed by atoms with Crippen molar-refractivity contribution in [2.75, 3.05) is 6.54 Å². The minimum Gasteiger partial charge on any atom is -0.481 e. The number of carbonyl (C=O) groups is 2. The third kappa shape index (κ3) is 11.6. The predicted octanol–water partition coefficient (Wildman–Crippen LogP) is 1.53. The molecule has 0 amide bonds. The van der Waals surface area contributed by atoms with Crippen LogP contribution < -0.4 is 17.2 Å². The average molecular weight is 380 g/mol. The summed E-state index contributed by atoms with van der Waals surface area (Å²) in [6.45, 7) is 6.48. The molecular weight excluding hydrogens is 348 g/mol. The van der Waals surface area contributed by atoms with E-state index in [9.17, 15) is 9.59 Å². The van der Waals surface area contributed by atoms with Crippen LogP contribution >= 0.6 is 0 Å². The fraction of sp³-hybridized carbons (Fsp3) is 0.526.